The van der Waals surface area contributed by atoms with Crippen LogP contribution in [0.5, 0.6) is 0 Å². The lowest BCUT2D eigenvalue weighted by molar-refractivity contribution is 0.208. The lowest BCUT2D eigenvalue weighted by atomic mass is 9.94. The van der Waals surface area contributed by atoms with Crippen LogP contribution in [0.25, 0.3) is 5.65 Å². The van der Waals surface area contributed by atoms with E-state index >= 15 is 0 Å². The second kappa shape index (κ2) is 5.02. The normalized spacial score (nSPS) is 21.6. The van der Waals surface area contributed by atoms with Gasteiger partial charge in [0.1, 0.15) is 5.65 Å². The van der Waals surface area contributed by atoms with Gasteiger partial charge in [-0.15, -0.1) is 0 Å². The number of pyridine rings is 1. The van der Waals surface area contributed by atoms with Gasteiger partial charge < -0.3 is 9.30 Å². The zero-order valence-electron chi connectivity index (χ0n) is 10.6. The SMILES string of the molecule is CN1CCCC(Cc2cn3cc(Br)ccc3n2)C1. The van der Waals surface area contributed by atoms with Gasteiger partial charge in [-0.2, -0.15) is 0 Å². The van der Waals surface area contributed by atoms with Crippen molar-refractivity contribution in [2.75, 3.05) is 20.1 Å². The first kappa shape index (κ1) is 12.2. The zero-order chi connectivity index (χ0) is 12.5. The van der Waals surface area contributed by atoms with Crippen LogP contribution >= 0.6 is 15.9 Å². The molecule has 3 rings (SSSR count). The van der Waals surface area contributed by atoms with Crippen LogP contribution in [0.1, 0.15) is 18.5 Å². The molecule has 1 saturated heterocycles. The van der Waals surface area contributed by atoms with E-state index in [1.54, 1.807) is 0 Å². The molecule has 0 aromatic carbocycles. The second-order valence-electron chi connectivity index (χ2n) is 5.32. The van der Waals surface area contributed by atoms with Gasteiger partial charge in [-0.3, -0.25) is 0 Å². The van der Waals surface area contributed by atoms with Crippen molar-refractivity contribution in [3.05, 3.63) is 34.7 Å². The summed E-state index contributed by atoms with van der Waals surface area (Å²) in [6, 6.07) is 4.10. The van der Waals surface area contributed by atoms with Crippen molar-refractivity contribution in [3.63, 3.8) is 0 Å². The maximum absolute atomic E-state index is 4.70. The molecule has 4 heteroatoms. The molecule has 1 aliphatic heterocycles. The van der Waals surface area contributed by atoms with Crippen LogP contribution in [0.3, 0.4) is 0 Å². The van der Waals surface area contributed by atoms with E-state index < -0.39 is 0 Å². The Morgan fingerprint density at radius 3 is 3.11 bits per heavy atom. The first-order valence-electron chi connectivity index (χ1n) is 6.52. The fourth-order valence-corrected chi connectivity index (χ4v) is 3.20. The number of hydrogen-bond acceptors (Lipinski definition) is 2. The molecule has 18 heavy (non-hydrogen) atoms. The second-order valence-corrected chi connectivity index (χ2v) is 6.24. The molecule has 1 aliphatic rings. The highest BCUT2D eigenvalue weighted by atomic mass is 79.9. The first-order valence-corrected chi connectivity index (χ1v) is 7.32. The third kappa shape index (κ3) is 2.59. The van der Waals surface area contributed by atoms with E-state index in [-0.39, 0.29) is 0 Å². The summed E-state index contributed by atoms with van der Waals surface area (Å²) in [7, 11) is 2.22. The Hall–Kier alpha value is -0.870. The van der Waals surface area contributed by atoms with Crippen LogP contribution in [-0.4, -0.2) is 34.4 Å². The van der Waals surface area contributed by atoms with Gasteiger partial charge in [0.15, 0.2) is 0 Å². The van der Waals surface area contributed by atoms with Crippen molar-refractivity contribution in [3.8, 4) is 0 Å². The van der Waals surface area contributed by atoms with Crippen LogP contribution in [0.2, 0.25) is 0 Å². The van der Waals surface area contributed by atoms with E-state index in [0.717, 1.165) is 22.5 Å². The molecule has 0 spiro atoms. The predicted molar refractivity (Wildman–Crippen MR) is 76.8 cm³/mol. The number of hydrogen-bond donors (Lipinski definition) is 0. The minimum Gasteiger partial charge on any atom is -0.306 e. The van der Waals surface area contributed by atoms with E-state index in [0.29, 0.717) is 0 Å². The van der Waals surface area contributed by atoms with Crippen molar-refractivity contribution in [2.45, 2.75) is 19.3 Å². The van der Waals surface area contributed by atoms with Crippen molar-refractivity contribution in [1.82, 2.24) is 14.3 Å². The molecule has 0 aliphatic carbocycles. The summed E-state index contributed by atoms with van der Waals surface area (Å²) in [5.74, 6) is 0.761. The quantitative estimate of drug-likeness (QED) is 0.850. The maximum Gasteiger partial charge on any atom is 0.137 e. The third-order valence-corrected chi connectivity index (χ3v) is 4.15. The minimum absolute atomic E-state index is 0.761. The summed E-state index contributed by atoms with van der Waals surface area (Å²) < 4.78 is 3.20. The van der Waals surface area contributed by atoms with Crippen molar-refractivity contribution in [2.24, 2.45) is 5.92 Å². The number of fused-ring (bicyclic) bond motifs is 1. The molecule has 96 valence electrons. The standard InChI is InChI=1S/C14H18BrN3/c1-17-6-2-3-11(8-17)7-13-10-18-9-12(15)4-5-14(18)16-13/h4-5,9-11H,2-3,6-8H2,1H3. The van der Waals surface area contributed by atoms with Crippen molar-refractivity contribution >= 4 is 21.6 Å². The molecular formula is C14H18BrN3. The van der Waals surface area contributed by atoms with Crippen LogP contribution < -0.4 is 0 Å². The van der Waals surface area contributed by atoms with Gasteiger partial charge >= 0.3 is 0 Å². The third-order valence-electron chi connectivity index (χ3n) is 3.68. The molecule has 0 N–H and O–H groups in total. The number of piperidine rings is 1. The summed E-state index contributed by atoms with van der Waals surface area (Å²) in [5.41, 5.74) is 2.26. The molecule has 3 heterocycles. The number of likely N-dealkylation sites (tertiary alicyclic amines) is 1. The van der Waals surface area contributed by atoms with E-state index in [4.69, 9.17) is 4.98 Å². The Labute approximate surface area is 116 Å². The molecule has 2 aromatic rings. The van der Waals surface area contributed by atoms with Gasteiger partial charge in [0, 0.05) is 23.4 Å². The average molecular weight is 308 g/mol. The van der Waals surface area contributed by atoms with Gasteiger partial charge in [0.25, 0.3) is 0 Å². The Bertz CT molecular complexity index is 549. The van der Waals surface area contributed by atoms with Crippen molar-refractivity contribution < 1.29 is 0 Å². The first-order chi connectivity index (χ1) is 8.70. The van der Waals surface area contributed by atoms with Crippen LogP contribution in [0, 0.1) is 5.92 Å². The maximum atomic E-state index is 4.70. The highest BCUT2D eigenvalue weighted by Gasteiger charge is 2.18. The minimum atomic E-state index is 0.761. The molecule has 0 radical (unpaired) electrons. The molecule has 0 saturated carbocycles. The number of aromatic nitrogens is 2. The van der Waals surface area contributed by atoms with E-state index in [9.17, 15) is 0 Å². The van der Waals surface area contributed by atoms with E-state index in [1.165, 1.54) is 31.6 Å². The van der Waals surface area contributed by atoms with Gasteiger partial charge in [-0.05, 0) is 66.8 Å². The summed E-state index contributed by atoms with van der Waals surface area (Å²) in [5, 5.41) is 0. The lowest BCUT2D eigenvalue weighted by Gasteiger charge is -2.29. The Morgan fingerprint density at radius 2 is 2.28 bits per heavy atom. The van der Waals surface area contributed by atoms with Crippen LogP contribution in [0.15, 0.2) is 29.0 Å². The average Bonchev–Trinajstić information content (AvgIpc) is 2.70. The highest BCUT2D eigenvalue weighted by molar-refractivity contribution is 9.10. The number of nitrogens with zero attached hydrogens (tertiary/aromatic N) is 3. The molecule has 2 aromatic heterocycles. The summed E-state index contributed by atoms with van der Waals surface area (Å²) in [6.45, 7) is 2.45. The van der Waals surface area contributed by atoms with Gasteiger partial charge in [0.05, 0.1) is 5.69 Å². The summed E-state index contributed by atoms with van der Waals surface area (Å²) in [6.07, 6.45) is 7.99. The smallest absolute Gasteiger partial charge is 0.137 e. The van der Waals surface area contributed by atoms with Crippen LogP contribution in [0.4, 0.5) is 0 Å². The largest absolute Gasteiger partial charge is 0.306 e. The van der Waals surface area contributed by atoms with Gasteiger partial charge in [-0.1, -0.05) is 0 Å². The van der Waals surface area contributed by atoms with Crippen molar-refractivity contribution in [1.29, 1.82) is 0 Å². The van der Waals surface area contributed by atoms with E-state index in [2.05, 4.69) is 50.7 Å². The van der Waals surface area contributed by atoms with Gasteiger partial charge in [-0.25, -0.2) is 4.98 Å². The Morgan fingerprint density at radius 1 is 1.39 bits per heavy atom. The molecular weight excluding hydrogens is 290 g/mol. The zero-order valence-corrected chi connectivity index (χ0v) is 12.2. The fourth-order valence-electron chi connectivity index (χ4n) is 2.85. The monoisotopic (exact) mass is 307 g/mol. The summed E-state index contributed by atoms with van der Waals surface area (Å²) >= 11 is 3.49. The number of halogens is 1. The van der Waals surface area contributed by atoms with E-state index in [1.807, 2.05) is 6.07 Å². The summed E-state index contributed by atoms with van der Waals surface area (Å²) in [4.78, 5) is 7.13. The number of rotatable bonds is 2. The molecule has 1 atom stereocenters. The Kier molecular flexibility index (Phi) is 3.39. The molecule has 0 amide bonds. The fraction of sp³-hybridized carbons (Fsp3) is 0.500. The molecule has 3 nitrogen and oxygen atoms in total. The predicted octanol–water partition coefficient (Wildman–Crippen LogP) is 2.98. The molecule has 1 fully saturated rings. The topological polar surface area (TPSA) is 20.5 Å². The van der Waals surface area contributed by atoms with Gasteiger partial charge in [0.2, 0.25) is 0 Å². The highest BCUT2D eigenvalue weighted by Crippen LogP contribution is 2.20. The molecule has 0 bridgehead atoms. The lowest BCUT2D eigenvalue weighted by Crippen LogP contribution is -2.33. The molecule has 1 unspecified atom stereocenters. The number of imidazole rings is 1. The Balaban J connectivity index is 1.78. The van der Waals surface area contributed by atoms with Crippen LogP contribution in [-0.2, 0) is 6.42 Å².